The molecule has 0 aliphatic heterocycles. The van der Waals surface area contributed by atoms with Crippen molar-refractivity contribution in [2.45, 2.75) is 6.42 Å². The minimum Gasteiger partial charge on any atom is -0.478 e. The normalized spacial score (nSPS) is 9.83. The van der Waals surface area contributed by atoms with Crippen LogP contribution in [0.25, 0.3) is 0 Å². The molecule has 1 aromatic heterocycles. The lowest BCUT2D eigenvalue weighted by Gasteiger charge is -2.02. The van der Waals surface area contributed by atoms with Crippen LogP contribution in [-0.4, -0.2) is 29.0 Å². The van der Waals surface area contributed by atoms with Crippen molar-refractivity contribution in [1.82, 2.24) is 10.2 Å². The molecule has 66 valence electrons. The number of aliphatic hydroxyl groups is 1. The average molecular weight is 169 g/mol. The SMILES string of the molecule is COc1nnc(CCO)cc1N. The minimum absolute atomic E-state index is 0.0421. The largest absolute Gasteiger partial charge is 0.478 e. The zero-order chi connectivity index (χ0) is 8.97. The standard InChI is InChI=1S/C7H11N3O2/c1-12-7-6(8)4-5(2-3-11)9-10-7/h4,11H,2-3H2,1H3,(H2,8,9). The number of nitrogens with two attached hydrogens (primary N) is 1. The molecule has 5 nitrogen and oxygen atoms in total. The maximum absolute atomic E-state index is 8.60. The first-order valence-corrected chi connectivity index (χ1v) is 3.55. The van der Waals surface area contributed by atoms with E-state index in [0.717, 1.165) is 0 Å². The van der Waals surface area contributed by atoms with Gasteiger partial charge in [-0.3, -0.25) is 0 Å². The number of methoxy groups -OCH3 is 1. The van der Waals surface area contributed by atoms with E-state index >= 15 is 0 Å². The fourth-order valence-corrected chi connectivity index (χ4v) is 0.833. The molecule has 12 heavy (non-hydrogen) atoms. The summed E-state index contributed by atoms with van der Waals surface area (Å²) in [7, 11) is 1.48. The molecule has 1 rings (SSSR count). The molecule has 5 heteroatoms. The Morgan fingerprint density at radius 2 is 2.33 bits per heavy atom. The highest BCUT2D eigenvalue weighted by atomic mass is 16.5. The molecule has 1 heterocycles. The monoisotopic (exact) mass is 169 g/mol. The van der Waals surface area contributed by atoms with Crippen molar-refractivity contribution in [2.24, 2.45) is 0 Å². The van der Waals surface area contributed by atoms with Gasteiger partial charge in [-0.1, -0.05) is 0 Å². The molecule has 0 aromatic carbocycles. The molecular formula is C7H11N3O2. The molecule has 0 fully saturated rings. The molecule has 0 unspecified atom stereocenters. The summed E-state index contributed by atoms with van der Waals surface area (Å²) < 4.78 is 4.82. The van der Waals surface area contributed by atoms with Crippen LogP contribution < -0.4 is 10.5 Å². The van der Waals surface area contributed by atoms with E-state index in [-0.39, 0.29) is 6.61 Å². The van der Waals surface area contributed by atoms with E-state index in [1.54, 1.807) is 6.07 Å². The maximum Gasteiger partial charge on any atom is 0.256 e. The molecule has 0 bridgehead atoms. The Morgan fingerprint density at radius 1 is 1.58 bits per heavy atom. The molecule has 0 aliphatic carbocycles. The number of anilines is 1. The van der Waals surface area contributed by atoms with Crippen molar-refractivity contribution >= 4 is 5.69 Å². The van der Waals surface area contributed by atoms with Gasteiger partial charge in [-0.05, 0) is 6.07 Å². The summed E-state index contributed by atoms with van der Waals surface area (Å²) in [6, 6.07) is 1.64. The molecular weight excluding hydrogens is 158 g/mol. The van der Waals surface area contributed by atoms with Crippen LogP contribution in [0.4, 0.5) is 5.69 Å². The van der Waals surface area contributed by atoms with E-state index in [4.69, 9.17) is 15.6 Å². The summed E-state index contributed by atoms with van der Waals surface area (Å²) in [5.41, 5.74) is 6.66. The van der Waals surface area contributed by atoms with Crippen molar-refractivity contribution in [2.75, 3.05) is 19.5 Å². The highest BCUT2D eigenvalue weighted by Crippen LogP contribution is 2.16. The topological polar surface area (TPSA) is 81.3 Å². The Bertz CT molecular complexity index is 265. The first-order valence-electron chi connectivity index (χ1n) is 3.55. The number of aromatic nitrogens is 2. The zero-order valence-electron chi connectivity index (χ0n) is 6.82. The molecule has 0 amide bonds. The van der Waals surface area contributed by atoms with Gasteiger partial charge in [0.1, 0.15) is 0 Å². The Kier molecular flexibility index (Phi) is 2.82. The van der Waals surface area contributed by atoms with Gasteiger partial charge in [0.25, 0.3) is 5.88 Å². The quantitative estimate of drug-likeness (QED) is 0.643. The first-order chi connectivity index (χ1) is 5.77. The fourth-order valence-electron chi connectivity index (χ4n) is 0.833. The number of ether oxygens (including phenoxy) is 1. The predicted octanol–water partition coefficient (Wildman–Crippen LogP) is -0.398. The highest BCUT2D eigenvalue weighted by molar-refractivity contribution is 5.47. The molecule has 1 aromatic rings. The Balaban J connectivity index is 2.86. The van der Waals surface area contributed by atoms with Gasteiger partial charge >= 0.3 is 0 Å². The number of hydrogen-bond donors (Lipinski definition) is 2. The van der Waals surface area contributed by atoms with Gasteiger partial charge in [-0.2, -0.15) is 5.10 Å². The van der Waals surface area contributed by atoms with Gasteiger partial charge in [0.15, 0.2) is 0 Å². The number of rotatable bonds is 3. The van der Waals surface area contributed by atoms with Crippen LogP contribution >= 0.6 is 0 Å². The molecule has 0 spiro atoms. The Hall–Kier alpha value is -1.36. The fraction of sp³-hybridized carbons (Fsp3) is 0.429. The van der Waals surface area contributed by atoms with E-state index in [2.05, 4.69) is 10.2 Å². The number of nitrogen functional groups attached to an aromatic ring is 1. The zero-order valence-corrected chi connectivity index (χ0v) is 6.82. The van der Waals surface area contributed by atoms with Crippen molar-refractivity contribution in [1.29, 1.82) is 0 Å². The van der Waals surface area contributed by atoms with Crippen LogP contribution in [0, 0.1) is 0 Å². The molecule has 0 atom stereocenters. The second-order valence-corrected chi connectivity index (χ2v) is 2.27. The van der Waals surface area contributed by atoms with Crippen LogP contribution in [-0.2, 0) is 6.42 Å². The molecule has 0 aliphatic rings. The summed E-state index contributed by atoms with van der Waals surface area (Å²) in [5.74, 6) is 0.316. The van der Waals surface area contributed by atoms with Crippen LogP contribution in [0.15, 0.2) is 6.07 Å². The summed E-state index contributed by atoms with van der Waals surface area (Å²) >= 11 is 0. The number of aliphatic hydroxyl groups excluding tert-OH is 1. The van der Waals surface area contributed by atoms with E-state index in [0.29, 0.717) is 23.7 Å². The highest BCUT2D eigenvalue weighted by Gasteiger charge is 2.02. The van der Waals surface area contributed by atoms with Gasteiger partial charge in [-0.15, -0.1) is 5.10 Å². The summed E-state index contributed by atoms with van der Waals surface area (Å²) in [5, 5.41) is 16.1. The van der Waals surface area contributed by atoms with E-state index < -0.39 is 0 Å². The maximum atomic E-state index is 8.60. The van der Waals surface area contributed by atoms with Crippen molar-refractivity contribution in [3.8, 4) is 5.88 Å². The summed E-state index contributed by atoms with van der Waals surface area (Å²) in [4.78, 5) is 0. The summed E-state index contributed by atoms with van der Waals surface area (Å²) in [6.45, 7) is 0.0421. The number of nitrogens with zero attached hydrogens (tertiary/aromatic N) is 2. The van der Waals surface area contributed by atoms with Crippen molar-refractivity contribution in [3.05, 3.63) is 11.8 Å². The molecule has 0 saturated carbocycles. The lowest BCUT2D eigenvalue weighted by Crippen LogP contribution is -2.02. The Morgan fingerprint density at radius 3 is 2.83 bits per heavy atom. The molecule has 0 saturated heterocycles. The third-order valence-corrected chi connectivity index (χ3v) is 1.40. The first kappa shape index (κ1) is 8.73. The van der Waals surface area contributed by atoms with Gasteiger partial charge in [0.05, 0.1) is 18.5 Å². The molecule has 0 radical (unpaired) electrons. The average Bonchev–Trinajstić information content (AvgIpc) is 2.05. The van der Waals surface area contributed by atoms with Gasteiger partial charge in [0.2, 0.25) is 0 Å². The number of hydrogen-bond acceptors (Lipinski definition) is 5. The third kappa shape index (κ3) is 1.82. The smallest absolute Gasteiger partial charge is 0.256 e. The lowest BCUT2D eigenvalue weighted by atomic mass is 10.3. The van der Waals surface area contributed by atoms with Crippen molar-refractivity contribution in [3.63, 3.8) is 0 Å². The van der Waals surface area contributed by atoms with Gasteiger partial charge in [-0.25, -0.2) is 0 Å². The van der Waals surface area contributed by atoms with Crippen LogP contribution in [0.3, 0.4) is 0 Å². The van der Waals surface area contributed by atoms with Gasteiger partial charge < -0.3 is 15.6 Å². The van der Waals surface area contributed by atoms with E-state index in [1.165, 1.54) is 7.11 Å². The second kappa shape index (κ2) is 3.87. The second-order valence-electron chi connectivity index (χ2n) is 2.27. The predicted molar refractivity (Wildman–Crippen MR) is 43.8 cm³/mol. The Labute approximate surface area is 70.2 Å². The minimum atomic E-state index is 0.0421. The third-order valence-electron chi connectivity index (χ3n) is 1.40. The van der Waals surface area contributed by atoms with Crippen molar-refractivity contribution < 1.29 is 9.84 Å². The van der Waals surface area contributed by atoms with Crippen LogP contribution in [0.5, 0.6) is 5.88 Å². The van der Waals surface area contributed by atoms with Crippen LogP contribution in [0.1, 0.15) is 5.69 Å². The van der Waals surface area contributed by atoms with Crippen LogP contribution in [0.2, 0.25) is 0 Å². The van der Waals surface area contributed by atoms with Gasteiger partial charge in [0, 0.05) is 13.0 Å². The summed E-state index contributed by atoms with van der Waals surface area (Å²) in [6.07, 6.45) is 0.460. The lowest BCUT2D eigenvalue weighted by molar-refractivity contribution is 0.297. The van der Waals surface area contributed by atoms with E-state index in [1.807, 2.05) is 0 Å². The van der Waals surface area contributed by atoms with E-state index in [9.17, 15) is 0 Å². The molecule has 3 N–H and O–H groups in total.